The minimum atomic E-state index is -0.683. The van der Waals surface area contributed by atoms with Crippen LogP contribution in [-0.4, -0.2) is 66.9 Å². The van der Waals surface area contributed by atoms with Gasteiger partial charge in [-0.1, -0.05) is 6.92 Å². The average Bonchev–Trinajstić information content (AvgIpc) is 2.99. The molecule has 28 heavy (non-hydrogen) atoms. The first-order valence-corrected chi connectivity index (χ1v) is 9.86. The predicted octanol–water partition coefficient (Wildman–Crippen LogP) is 2.49. The van der Waals surface area contributed by atoms with Crippen molar-refractivity contribution < 1.29 is 19.4 Å². The molecule has 0 aromatic heterocycles. The maximum Gasteiger partial charge on any atom is 0.410 e. The monoisotopic (exact) mass is 391 g/mol. The van der Waals surface area contributed by atoms with Gasteiger partial charge in [0.15, 0.2) is 0 Å². The molecule has 1 aliphatic rings. The van der Waals surface area contributed by atoms with Crippen molar-refractivity contribution in [2.75, 3.05) is 38.1 Å². The fourth-order valence-electron chi connectivity index (χ4n) is 3.19. The van der Waals surface area contributed by atoms with Gasteiger partial charge >= 0.3 is 6.09 Å². The number of carbonyl (C=O) groups excluding carboxylic acids is 2. The van der Waals surface area contributed by atoms with E-state index >= 15 is 0 Å². The smallest absolute Gasteiger partial charge is 0.410 e. The Bertz CT molecular complexity index is 669. The third-order valence-electron chi connectivity index (χ3n) is 4.71. The van der Waals surface area contributed by atoms with Crippen LogP contribution in [0.4, 0.5) is 10.5 Å². The van der Waals surface area contributed by atoms with Crippen LogP contribution in [0.3, 0.4) is 0 Å². The molecule has 0 saturated carbocycles. The summed E-state index contributed by atoms with van der Waals surface area (Å²) in [6.07, 6.45) is -0.0620. The second-order valence-electron chi connectivity index (χ2n) is 8.39. The summed E-state index contributed by atoms with van der Waals surface area (Å²) < 4.78 is 5.35. The zero-order valence-electron chi connectivity index (χ0n) is 17.6. The van der Waals surface area contributed by atoms with Crippen LogP contribution >= 0.6 is 0 Å². The summed E-state index contributed by atoms with van der Waals surface area (Å²) in [5, 5.41) is 13.1. The van der Waals surface area contributed by atoms with E-state index in [1.54, 1.807) is 32.9 Å². The first-order chi connectivity index (χ1) is 13.1. The van der Waals surface area contributed by atoms with E-state index in [9.17, 15) is 14.7 Å². The molecule has 7 heteroatoms. The van der Waals surface area contributed by atoms with E-state index in [2.05, 4.69) is 17.1 Å². The maximum absolute atomic E-state index is 12.4. The quantitative estimate of drug-likeness (QED) is 0.779. The molecule has 0 aliphatic carbocycles. The van der Waals surface area contributed by atoms with Gasteiger partial charge in [0.05, 0.1) is 12.6 Å². The second-order valence-corrected chi connectivity index (χ2v) is 8.39. The van der Waals surface area contributed by atoms with Crippen molar-refractivity contribution in [1.82, 2.24) is 10.2 Å². The molecular formula is C21H33N3O4. The standard InChI is InChI=1S/C21H33N3O4/c1-6-11-23(5)17-9-7-15(8-10-17)19(26)22-12-16-13-24(14-18(16)25)20(27)28-21(2,3)4/h7-10,16,18,25H,6,11-14H2,1-5H3,(H,22,26). The molecule has 7 nitrogen and oxygen atoms in total. The fourth-order valence-corrected chi connectivity index (χ4v) is 3.19. The molecule has 1 heterocycles. The Balaban J connectivity index is 1.86. The SMILES string of the molecule is CCCN(C)c1ccc(C(=O)NCC2CN(C(=O)OC(C)(C)C)CC2O)cc1. The van der Waals surface area contributed by atoms with Crippen LogP contribution in [0, 0.1) is 5.92 Å². The normalized spacial score (nSPS) is 19.4. The largest absolute Gasteiger partial charge is 0.444 e. The highest BCUT2D eigenvalue weighted by Gasteiger charge is 2.36. The number of benzene rings is 1. The summed E-state index contributed by atoms with van der Waals surface area (Å²) in [5.41, 5.74) is 1.06. The highest BCUT2D eigenvalue weighted by atomic mass is 16.6. The van der Waals surface area contributed by atoms with Crippen LogP contribution in [0.25, 0.3) is 0 Å². The zero-order chi connectivity index (χ0) is 20.9. The molecule has 2 amide bonds. The van der Waals surface area contributed by atoms with Crippen LogP contribution in [-0.2, 0) is 4.74 Å². The lowest BCUT2D eigenvalue weighted by molar-refractivity contribution is 0.0269. The van der Waals surface area contributed by atoms with Crippen LogP contribution in [0.2, 0.25) is 0 Å². The van der Waals surface area contributed by atoms with E-state index in [-0.39, 0.29) is 18.4 Å². The van der Waals surface area contributed by atoms with Crippen molar-refractivity contribution >= 4 is 17.7 Å². The number of anilines is 1. The Morgan fingerprint density at radius 1 is 1.25 bits per heavy atom. The molecule has 1 aromatic carbocycles. The highest BCUT2D eigenvalue weighted by Crippen LogP contribution is 2.20. The summed E-state index contributed by atoms with van der Waals surface area (Å²) >= 11 is 0. The van der Waals surface area contributed by atoms with Crippen molar-refractivity contribution in [2.45, 2.75) is 45.8 Å². The van der Waals surface area contributed by atoms with Gasteiger partial charge in [0.1, 0.15) is 5.60 Å². The van der Waals surface area contributed by atoms with Gasteiger partial charge < -0.3 is 25.0 Å². The zero-order valence-corrected chi connectivity index (χ0v) is 17.6. The number of hydrogen-bond donors (Lipinski definition) is 2. The number of likely N-dealkylation sites (tertiary alicyclic amines) is 1. The van der Waals surface area contributed by atoms with Crippen molar-refractivity contribution in [3.63, 3.8) is 0 Å². The maximum atomic E-state index is 12.4. The van der Waals surface area contributed by atoms with Gasteiger partial charge in [0.2, 0.25) is 0 Å². The Labute approximate surface area is 167 Å². The van der Waals surface area contributed by atoms with Crippen LogP contribution in [0.1, 0.15) is 44.5 Å². The fraction of sp³-hybridized carbons (Fsp3) is 0.619. The third kappa shape index (κ3) is 6.12. The number of hydrogen-bond acceptors (Lipinski definition) is 5. The number of aliphatic hydroxyl groups excluding tert-OH is 1. The summed E-state index contributed by atoms with van der Waals surface area (Å²) in [4.78, 5) is 28.2. The molecule has 2 rings (SSSR count). The van der Waals surface area contributed by atoms with E-state index in [0.717, 1.165) is 18.7 Å². The molecule has 0 spiro atoms. The highest BCUT2D eigenvalue weighted by molar-refractivity contribution is 5.94. The number of aliphatic hydroxyl groups is 1. The summed E-state index contributed by atoms with van der Waals surface area (Å²) in [7, 11) is 2.02. The lowest BCUT2D eigenvalue weighted by Crippen LogP contribution is -2.36. The molecular weight excluding hydrogens is 358 g/mol. The molecule has 0 radical (unpaired) electrons. The van der Waals surface area contributed by atoms with Gasteiger partial charge in [0.25, 0.3) is 5.91 Å². The first-order valence-electron chi connectivity index (χ1n) is 9.86. The number of nitrogens with one attached hydrogen (secondary N) is 1. The Morgan fingerprint density at radius 3 is 2.46 bits per heavy atom. The lowest BCUT2D eigenvalue weighted by atomic mass is 10.1. The number of β-amino-alcohol motifs (C(OH)–C–C–N with tert-alkyl or cyclic N) is 1. The molecule has 2 unspecified atom stereocenters. The molecule has 0 bridgehead atoms. The van der Waals surface area contributed by atoms with E-state index in [1.807, 2.05) is 19.2 Å². The third-order valence-corrected chi connectivity index (χ3v) is 4.71. The number of amides is 2. The second kappa shape index (κ2) is 9.28. The van der Waals surface area contributed by atoms with Gasteiger partial charge in [-0.15, -0.1) is 0 Å². The first kappa shape index (κ1) is 22.0. The van der Waals surface area contributed by atoms with Crippen molar-refractivity contribution in [3.05, 3.63) is 29.8 Å². The molecule has 2 atom stereocenters. The van der Waals surface area contributed by atoms with Crippen molar-refractivity contribution in [1.29, 1.82) is 0 Å². The molecule has 1 saturated heterocycles. The summed E-state index contributed by atoms with van der Waals surface area (Å²) in [6, 6.07) is 7.46. The lowest BCUT2D eigenvalue weighted by Gasteiger charge is -2.24. The molecule has 156 valence electrons. The Morgan fingerprint density at radius 2 is 1.89 bits per heavy atom. The van der Waals surface area contributed by atoms with E-state index in [0.29, 0.717) is 18.7 Å². The number of ether oxygens (including phenoxy) is 1. The van der Waals surface area contributed by atoms with Gasteiger partial charge in [-0.2, -0.15) is 0 Å². The van der Waals surface area contributed by atoms with Gasteiger partial charge in [-0.3, -0.25) is 4.79 Å². The Kier molecular flexibility index (Phi) is 7.29. The topological polar surface area (TPSA) is 82.1 Å². The number of rotatable bonds is 6. The number of nitrogens with zero attached hydrogens (tertiary/aromatic N) is 2. The Hall–Kier alpha value is -2.28. The van der Waals surface area contributed by atoms with Crippen LogP contribution < -0.4 is 10.2 Å². The minimum absolute atomic E-state index is 0.187. The van der Waals surface area contributed by atoms with E-state index in [4.69, 9.17) is 4.74 Å². The van der Waals surface area contributed by atoms with Crippen LogP contribution in [0.15, 0.2) is 24.3 Å². The average molecular weight is 392 g/mol. The summed E-state index contributed by atoms with van der Waals surface area (Å²) in [5.74, 6) is -0.404. The van der Waals surface area contributed by atoms with E-state index in [1.165, 1.54) is 4.90 Å². The predicted molar refractivity (Wildman–Crippen MR) is 110 cm³/mol. The molecule has 1 fully saturated rings. The minimum Gasteiger partial charge on any atom is -0.444 e. The molecule has 2 N–H and O–H groups in total. The summed E-state index contributed by atoms with van der Waals surface area (Å²) in [6.45, 7) is 9.38. The van der Waals surface area contributed by atoms with Gasteiger partial charge in [0, 0.05) is 43.9 Å². The van der Waals surface area contributed by atoms with Crippen LogP contribution in [0.5, 0.6) is 0 Å². The molecule has 1 aliphatic heterocycles. The van der Waals surface area contributed by atoms with Gasteiger partial charge in [-0.25, -0.2) is 4.79 Å². The van der Waals surface area contributed by atoms with Crippen molar-refractivity contribution in [2.24, 2.45) is 5.92 Å². The number of carbonyl (C=O) groups is 2. The van der Waals surface area contributed by atoms with Gasteiger partial charge in [-0.05, 0) is 51.5 Å². The molecule has 1 aromatic rings. The van der Waals surface area contributed by atoms with E-state index < -0.39 is 17.8 Å². The van der Waals surface area contributed by atoms with Crippen molar-refractivity contribution in [3.8, 4) is 0 Å².